The van der Waals surface area contributed by atoms with Gasteiger partial charge in [0, 0.05) is 0 Å². The first-order valence-electron chi connectivity index (χ1n) is 2.88. The van der Waals surface area contributed by atoms with Gasteiger partial charge in [-0.3, -0.25) is 0 Å². The number of hydrogen-bond acceptors (Lipinski definition) is 0. The van der Waals surface area contributed by atoms with Crippen LogP contribution in [0.25, 0.3) is 0 Å². The molecule has 56 valence electrons. The second-order valence-electron chi connectivity index (χ2n) is 2.02. The SMILES string of the molecule is [CH3][Zr+2][C]1=C(C)C=CC1.[Cl-].[Cl-]. The van der Waals surface area contributed by atoms with E-state index in [2.05, 4.69) is 23.7 Å². The molecule has 0 amide bonds. The summed E-state index contributed by atoms with van der Waals surface area (Å²) in [6.07, 6.45) is 5.79. The van der Waals surface area contributed by atoms with Crippen molar-refractivity contribution in [1.82, 2.24) is 0 Å². The smallest absolute Gasteiger partial charge is 1.00 e. The van der Waals surface area contributed by atoms with Crippen LogP contribution in [-0.4, -0.2) is 0 Å². The van der Waals surface area contributed by atoms with E-state index in [1.54, 1.807) is 8.85 Å². The predicted molar refractivity (Wildman–Crippen MR) is 32.3 cm³/mol. The van der Waals surface area contributed by atoms with Gasteiger partial charge in [-0.1, -0.05) is 0 Å². The maximum Gasteiger partial charge on any atom is -1.00 e. The van der Waals surface area contributed by atoms with Crippen molar-refractivity contribution in [2.45, 2.75) is 18.0 Å². The normalized spacial score (nSPS) is 13.8. The van der Waals surface area contributed by atoms with Gasteiger partial charge >= 0.3 is 62.2 Å². The van der Waals surface area contributed by atoms with E-state index in [9.17, 15) is 0 Å². The fraction of sp³-hybridized carbons (Fsp3) is 0.429. The molecular formula is C7H10Cl2Zr. The predicted octanol–water partition coefficient (Wildman–Crippen LogP) is -3.64. The van der Waals surface area contributed by atoms with Crippen LogP contribution in [0.4, 0.5) is 0 Å². The van der Waals surface area contributed by atoms with Gasteiger partial charge in [-0.05, 0) is 0 Å². The summed E-state index contributed by atoms with van der Waals surface area (Å²) in [7, 11) is 0. The van der Waals surface area contributed by atoms with E-state index in [4.69, 9.17) is 0 Å². The van der Waals surface area contributed by atoms with Crippen molar-refractivity contribution in [2.24, 2.45) is 0 Å². The third-order valence-electron chi connectivity index (χ3n) is 1.47. The van der Waals surface area contributed by atoms with Crippen LogP contribution in [0.2, 0.25) is 4.63 Å². The average molecular weight is 256 g/mol. The molecule has 1 aliphatic rings. The Labute approximate surface area is 86.5 Å². The molecule has 0 unspecified atom stereocenters. The minimum atomic E-state index is -0.0775. The molecule has 0 saturated carbocycles. The molecule has 0 nitrogen and oxygen atoms in total. The molecule has 0 aromatic heterocycles. The van der Waals surface area contributed by atoms with Crippen molar-refractivity contribution >= 4 is 0 Å². The van der Waals surface area contributed by atoms with E-state index < -0.39 is 0 Å². The van der Waals surface area contributed by atoms with E-state index in [-0.39, 0.29) is 48.0 Å². The van der Waals surface area contributed by atoms with Gasteiger partial charge < -0.3 is 24.8 Å². The van der Waals surface area contributed by atoms with Gasteiger partial charge in [-0.2, -0.15) is 0 Å². The fourth-order valence-corrected chi connectivity index (χ4v) is 2.88. The zero-order valence-corrected chi connectivity index (χ0v) is 10.1. The van der Waals surface area contributed by atoms with Crippen molar-refractivity contribution in [3.8, 4) is 0 Å². The maximum absolute atomic E-state index is 2.38. The molecule has 0 fully saturated rings. The number of rotatable bonds is 1. The Hall–Kier alpha value is 0.943. The first-order valence-corrected chi connectivity index (χ1v) is 6.57. The summed E-state index contributed by atoms with van der Waals surface area (Å²) in [6.45, 7) is 2.23. The molecule has 0 aromatic rings. The average Bonchev–Trinajstić information content (AvgIpc) is 2.14. The molecule has 0 N–H and O–H groups in total. The molecule has 0 aliphatic heterocycles. The van der Waals surface area contributed by atoms with E-state index in [0.717, 1.165) is 0 Å². The van der Waals surface area contributed by atoms with E-state index in [1.165, 1.54) is 6.42 Å². The molecular weight excluding hydrogens is 246 g/mol. The van der Waals surface area contributed by atoms with Gasteiger partial charge in [0.05, 0.1) is 0 Å². The molecule has 10 heavy (non-hydrogen) atoms. The quantitative estimate of drug-likeness (QED) is 0.454. The van der Waals surface area contributed by atoms with Crippen LogP contribution in [-0.2, 0) is 23.2 Å². The second-order valence-corrected chi connectivity index (χ2v) is 4.73. The van der Waals surface area contributed by atoms with Crippen molar-refractivity contribution in [3.05, 3.63) is 21.0 Å². The Balaban J connectivity index is 0. The van der Waals surface area contributed by atoms with Crippen molar-refractivity contribution in [1.29, 1.82) is 0 Å². The Kier molecular flexibility index (Phi) is 8.98. The Morgan fingerprint density at radius 3 is 2.20 bits per heavy atom. The zero-order valence-electron chi connectivity index (χ0n) is 6.12. The van der Waals surface area contributed by atoms with Crippen LogP contribution in [0.5, 0.6) is 0 Å². The summed E-state index contributed by atoms with van der Waals surface area (Å²) < 4.78 is 4.16. The van der Waals surface area contributed by atoms with Crippen LogP contribution < -0.4 is 24.8 Å². The van der Waals surface area contributed by atoms with Crippen molar-refractivity contribution in [3.63, 3.8) is 0 Å². The molecule has 0 atom stereocenters. The largest absolute Gasteiger partial charge is 1.00 e. The van der Waals surface area contributed by atoms with Crippen molar-refractivity contribution < 1.29 is 48.0 Å². The van der Waals surface area contributed by atoms with Gasteiger partial charge in [0.2, 0.25) is 0 Å². The summed E-state index contributed by atoms with van der Waals surface area (Å²) >= 11 is -0.0775. The van der Waals surface area contributed by atoms with Gasteiger partial charge in [0.25, 0.3) is 0 Å². The third-order valence-corrected chi connectivity index (χ3v) is 4.42. The van der Waals surface area contributed by atoms with Crippen LogP contribution in [0.3, 0.4) is 0 Å². The topological polar surface area (TPSA) is 0 Å². The summed E-state index contributed by atoms with van der Waals surface area (Å²) in [5.41, 5.74) is 1.55. The van der Waals surface area contributed by atoms with Crippen LogP contribution in [0.1, 0.15) is 13.3 Å². The number of allylic oxidation sites excluding steroid dienone is 4. The van der Waals surface area contributed by atoms with Gasteiger partial charge in [-0.15, -0.1) is 0 Å². The second kappa shape index (κ2) is 6.64. The Bertz CT molecular complexity index is 150. The zero-order chi connectivity index (χ0) is 5.98. The summed E-state index contributed by atoms with van der Waals surface area (Å²) in [6, 6.07) is 0. The van der Waals surface area contributed by atoms with Gasteiger partial charge in [-0.25, -0.2) is 0 Å². The minimum absolute atomic E-state index is 0. The minimum Gasteiger partial charge on any atom is -1.00 e. The first kappa shape index (κ1) is 13.5. The standard InChI is InChI=1S/C6H7.CH3.2ClH.Zr/c1-6-4-2-3-5-6;;;;/h2,4H,3H2,1H3;1H3;2*1H;/q;;;;+2/p-2. The molecule has 0 aromatic carbocycles. The molecule has 1 aliphatic carbocycles. The van der Waals surface area contributed by atoms with Gasteiger partial charge in [0.15, 0.2) is 0 Å². The summed E-state index contributed by atoms with van der Waals surface area (Å²) in [4.78, 5) is 0. The van der Waals surface area contributed by atoms with Crippen molar-refractivity contribution in [2.75, 3.05) is 0 Å². The maximum atomic E-state index is 2.38. The van der Waals surface area contributed by atoms with Gasteiger partial charge in [0.1, 0.15) is 0 Å². The number of hydrogen-bond donors (Lipinski definition) is 0. The molecule has 0 radical (unpaired) electrons. The molecule has 0 bridgehead atoms. The molecule has 0 saturated heterocycles. The van der Waals surface area contributed by atoms with E-state index in [1.807, 2.05) is 0 Å². The third kappa shape index (κ3) is 3.37. The molecule has 0 spiro atoms. The fourth-order valence-electron chi connectivity index (χ4n) is 0.914. The Morgan fingerprint density at radius 1 is 1.40 bits per heavy atom. The van der Waals surface area contributed by atoms with Crippen LogP contribution >= 0.6 is 0 Å². The molecule has 3 heteroatoms. The Morgan fingerprint density at radius 2 is 2.00 bits per heavy atom. The monoisotopic (exact) mass is 254 g/mol. The number of halogens is 2. The van der Waals surface area contributed by atoms with E-state index >= 15 is 0 Å². The summed E-state index contributed by atoms with van der Waals surface area (Å²) in [5.74, 6) is 0. The van der Waals surface area contributed by atoms with E-state index in [0.29, 0.717) is 0 Å². The first-order chi connectivity index (χ1) is 3.84. The molecule has 0 heterocycles. The molecule has 1 rings (SSSR count). The summed E-state index contributed by atoms with van der Waals surface area (Å²) in [5, 5.41) is 0. The van der Waals surface area contributed by atoms with Crippen LogP contribution in [0, 0.1) is 0 Å². The van der Waals surface area contributed by atoms with Crippen LogP contribution in [0.15, 0.2) is 21.0 Å².